The fourth-order valence-corrected chi connectivity index (χ4v) is 11.0. The molecule has 1 aliphatic rings. The first-order chi connectivity index (χ1) is 13.7. The summed E-state index contributed by atoms with van der Waals surface area (Å²) in [5, 5.41) is 1.39. The molecule has 4 nitrogen and oxygen atoms in total. The van der Waals surface area contributed by atoms with Crippen molar-refractivity contribution >= 4 is 22.4 Å². The van der Waals surface area contributed by atoms with Crippen LogP contribution in [-0.2, 0) is 18.7 Å². The van der Waals surface area contributed by atoms with Crippen molar-refractivity contribution in [1.29, 1.82) is 0 Å². The maximum absolute atomic E-state index is 11.2. The van der Waals surface area contributed by atoms with Crippen LogP contribution in [0.25, 0.3) is 0 Å². The van der Waals surface area contributed by atoms with Gasteiger partial charge >= 0.3 is 5.97 Å². The molecule has 0 amide bonds. The van der Waals surface area contributed by atoms with Gasteiger partial charge in [-0.2, -0.15) is 0 Å². The number of hydrogen-bond donors (Lipinski definition) is 0. The number of ether oxygens (including phenoxy) is 2. The Balaban J connectivity index is 3.07. The van der Waals surface area contributed by atoms with Gasteiger partial charge in [-0.3, -0.25) is 4.79 Å². The Morgan fingerprint density at radius 3 is 1.97 bits per heavy atom. The molecule has 0 saturated heterocycles. The van der Waals surface area contributed by atoms with Gasteiger partial charge in [0.2, 0.25) is 0 Å². The van der Waals surface area contributed by atoms with Crippen molar-refractivity contribution in [2.75, 3.05) is 6.61 Å². The average Bonchev–Trinajstić information content (AvgIpc) is 2.73. The Morgan fingerprint density at radius 1 is 0.966 bits per heavy atom. The minimum Gasteiger partial charge on any atom is -0.463 e. The normalized spacial score (nSPS) is 22.5. The summed E-state index contributed by atoms with van der Waals surface area (Å²) in [6.45, 7) is 20.0. The summed E-state index contributed by atoms with van der Waals surface area (Å²) in [5.74, 6) is -0.273. The van der Waals surface area contributed by atoms with Gasteiger partial charge in [-0.15, -0.1) is 6.58 Å². The molecule has 1 rings (SSSR count). The lowest BCUT2D eigenvalue weighted by Gasteiger charge is -2.41. The summed E-state index contributed by atoms with van der Waals surface area (Å²) < 4.78 is 18.4. The fourth-order valence-electron chi connectivity index (χ4n) is 4.53. The van der Waals surface area contributed by atoms with E-state index in [2.05, 4.69) is 54.2 Å². The molecule has 29 heavy (non-hydrogen) atoms. The van der Waals surface area contributed by atoms with Gasteiger partial charge in [0.25, 0.3) is 0 Å². The van der Waals surface area contributed by atoms with E-state index >= 15 is 0 Å². The van der Waals surface area contributed by atoms with Crippen molar-refractivity contribution < 1.29 is 18.7 Å². The zero-order valence-electron chi connectivity index (χ0n) is 19.9. The highest BCUT2D eigenvalue weighted by molar-refractivity contribution is 6.86. The van der Waals surface area contributed by atoms with E-state index in [4.69, 9.17) is 13.9 Å². The van der Waals surface area contributed by atoms with Crippen molar-refractivity contribution in [2.45, 2.75) is 109 Å². The lowest BCUT2D eigenvalue weighted by atomic mass is 10.1. The number of carbonyl (C=O) groups is 1. The molecule has 6 heteroatoms. The van der Waals surface area contributed by atoms with Crippen LogP contribution in [0.3, 0.4) is 0 Å². The van der Waals surface area contributed by atoms with E-state index in [9.17, 15) is 4.79 Å². The summed E-state index contributed by atoms with van der Waals surface area (Å²) in [6.07, 6.45) is 4.71. The molecule has 0 bridgehead atoms. The van der Waals surface area contributed by atoms with Crippen LogP contribution in [0, 0.1) is 0 Å². The van der Waals surface area contributed by atoms with Gasteiger partial charge in [0.15, 0.2) is 8.32 Å². The van der Waals surface area contributed by atoms with Crippen molar-refractivity contribution in [3.05, 3.63) is 23.9 Å². The standard InChI is InChI=1S/C23H44O4Si2/c1-9-28(10-2,11-3)19(7)17-23-22(27-29(12-4,13-5)14-6)16-15-21(26-23)18-25-20(8)24/h15-16,21-23H,7,9-14,17-18H2,1-6,8H3/t21-,22+,23+/m0/s1. The van der Waals surface area contributed by atoms with Gasteiger partial charge < -0.3 is 13.9 Å². The van der Waals surface area contributed by atoms with Crippen LogP contribution in [0.5, 0.6) is 0 Å². The minimum atomic E-state index is -1.76. The van der Waals surface area contributed by atoms with E-state index in [-0.39, 0.29) is 30.9 Å². The summed E-state index contributed by atoms with van der Waals surface area (Å²) in [6, 6.07) is 7.02. The first-order valence-corrected chi connectivity index (χ1v) is 16.7. The molecule has 0 spiro atoms. The topological polar surface area (TPSA) is 44.8 Å². The second-order valence-corrected chi connectivity index (χ2v) is 18.5. The zero-order chi connectivity index (χ0) is 22.1. The molecular weight excluding hydrogens is 396 g/mol. The third-order valence-corrected chi connectivity index (χ3v) is 17.6. The third kappa shape index (κ3) is 6.91. The molecule has 0 aliphatic carbocycles. The molecule has 1 heterocycles. The van der Waals surface area contributed by atoms with Gasteiger partial charge in [0.1, 0.15) is 12.7 Å². The zero-order valence-corrected chi connectivity index (χ0v) is 21.9. The van der Waals surface area contributed by atoms with E-state index in [1.54, 1.807) is 0 Å². The monoisotopic (exact) mass is 440 g/mol. The molecule has 0 aromatic carbocycles. The summed E-state index contributed by atoms with van der Waals surface area (Å²) in [7, 11) is -3.27. The maximum atomic E-state index is 11.2. The van der Waals surface area contributed by atoms with Gasteiger partial charge in [0.05, 0.1) is 20.3 Å². The number of hydrogen-bond acceptors (Lipinski definition) is 4. The summed E-state index contributed by atoms with van der Waals surface area (Å²) in [4.78, 5) is 11.2. The van der Waals surface area contributed by atoms with E-state index in [1.807, 2.05) is 6.08 Å². The maximum Gasteiger partial charge on any atom is 0.302 e. The molecule has 0 N–H and O–H groups in total. The Labute approximate surface area is 181 Å². The molecule has 0 fully saturated rings. The lowest BCUT2D eigenvalue weighted by Crippen LogP contribution is -2.48. The minimum absolute atomic E-state index is 0.0379. The molecule has 0 radical (unpaired) electrons. The first kappa shape index (κ1) is 26.3. The fraction of sp³-hybridized carbons (Fsp3) is 0.783. The molecule has 168 valence electrons. The van der Waals surface area contributed by atoms with Crippen LogP contribution in [0.2, 0.25) is 36.3 Å². The van der Waals surface area contributed by atoms with E-state index in [0.717, 1.165) is 24.6 Å². The quantitative estimate of drug-likeness (QED) is 0.193. The highest BCUT2D eigenvalue weighted by atomic mass is 28.4. The number of carbonyl (C=O) groups excluding carboxylic acids is 1. The van der Waals surface area contributed by atoms with Gasteiger partial charge in [-0.25, -0.2) is 0 Å². The summed E-state index contributed by atoms with van der Waals surface area (Å²) in [5.41, 5.74) is 0. The predicted octanol–water partition coefficient (Wildman–Crippen LogP) is 6.26. The van der Waals surface area contributed by atoms with Crippen LogP contribution >= 0.6 is 0 Å². The average molecular weight is 441 g/mol. The predicted molar refractivity (Wildman–Crippen MR) is 127 cm³/mol. The molecule has 0 aromatic rings. The molecule has 0 aromatic heterocycles. The Morgan fingerprint density at radius 2 is 1.52 bits per heavy atom. The Hall–Kier alpha value is -0.696. The molecule has 3 atom stereocenters. The van der Waals surface area contributed by atoms with Crippen LogP contribution in [0.4, 0.5) is 0 Å². The third-order valence-electron chi connectivity index (χ3n) is 7.23. The van der Waals surface area contributed by atoms with Crippen molar-refractivity contribution in [3.8, 4) is 0 Å². The largest absolute Gasteiger partial charge is 0.463 e. The smallest absolute Gasteiger partial charge is 0.302 e. The van der Waals surface area contributed by atoms with E-state index in [1.165, 1.54) is 30.3 Å². The van der Waals surface area contributed by atoms with Crippen LogP contribution in [0.15, 0.2) is 23.9 Å². The van der Waals surface area contributed by atoms with E-state index < -0.39 is 16.4 Å². The van der Waals surface area contributed by atoms with E-state index in [0.29, 0.717) is 0 Å². The van der Waals surface area contributed by atoms with Gasteiger partial charge in [0, 0.05) is 6.92 Å². The van der Waals surface area contributed by atoms with Crippen molar-refractivity contribution in [2.24, 2.45) is 0 Å². The summed E-state index contributed by atoms with van der Waals surface area (Å²) >= 11 is 0. The second kappa shape index (κ2) is 12.2. The van der Waals surface area contributed by atoms with Gasteiger partial charge in [-0.05, 0) is 24.6 Å². The Bertz CT molecular complexity index is 537. The SMILES string of the molecule is C=C(C[C@H]1O[C@H](COC(C)=O)C=C[C@H]1O[Si](CC)(CC)CC)[Si](CC)(CC)CC. The second-order valence-electron chi connectivity index (χ2n) is 8.38. The van der Waals surface area contributed by atoms with Crippen LogP contribution < -0.4 is 0 Å². The molecule has 1 aliphatic heterocycles. The molecular formula is C23H44O4Si2. The first-order valence-electron chi connectivity index (χ1n) is 11.6. The van der Waals surface area contributed by atoms with Crippen LogP contribution in [-0.4, -0.2) is 47.3 Å². The lowest BCUT2D eigenvalue weighted by molar-refractivity contribution is -0.147. The van der Waals surface area contributed by atoms with Crippen LogP contribution in [0.1, 0.15) is 54.9 Å². The molecule has 0 saturated carbocycles. The molecule has 0 unspecified atom stereocenters. The highest BCUT2D eigenvalue weighted by Gasteiger charge is 2.39. The number of rotatable bonds is 13. The highest BCUT2D eigenvalue weighted by Crippen LogP contribution is 2.35. The van der Waals surface area contributed by atoms with Crippen molar-refractivity contribution in [1.82, 2.24) is 0 Å². The van der Waals surface area contributed by atoms with Gasteiger partial charge in [-0.1, -0.05) is 77.0 Å². The number of esters is 1. The Kier molecular flexibility index (Phi) is 11.1. The van der Waals surface area contributed by atoms with Crippen molar-refractivity contribution in [3.63, 3.8) is 0 Å².